The fraction of sp³-hybridized carbons (Fsp3) is 0.200. The molecule has 9 heteroatoms. The van der Waals surface area contributed by atoms with E-state index in [-0.39, 0.29) is 23.6 Å². The van der Waals surface area contributed by atoms with Crippen LogP contribution in [0.3, 0.4) is 0 Å². The Balaban J connectivity index is 1.54. The van der Waals surface area contributed by atoms with E-state index in [1.807, 2.05) is 23.0 Å². The Labute approximate surface area is 223 Å². The van der Waals surface area contributed by atoms with E-state index >= 15 is 0 Å². The van der Waals surface area contributed by atoms with Crippen LogP contribution in [0.4, 0.5) is 8.78 Å². The molecule has 6 rings (SSSR count). The van der Waals surface area contributed by atoms with Crippen LogP contribution < -0.4 is 5.73 Å². The zero-order chi connectivity index (χ0) is 26.9. The predicted octanol–water partition coefficient (Wildman–Crippen LogP) is 5.06. The number of hydrogen-bond acceptors (Lipinski definition) is 5. The van der Waals surface area contributed by atoms with Gasteiger partial charge in [0.25, 0.3) is 0 Å². The maximum atomic E-state index is 14.0. The third-order valence-corrected chi connectivity index (χ3v) is 7.24. The van der Waals surface area contributed by atoms with Gasteiger partial charge in [0.05, 0.1) is 18.3 Å². The summed E-state index contributed by atoms with van der Waals surface area (Å²) in [6.45, 7) is 1.98. The molecule has 1 aliphatic heterocycles. The minimum atomic E-state index is -0.343. The number of carbonyl (C=O) groups is 1. The lowest BCUT2D eigenvalue weighted by atomic mass is 9.90. The summed E-state index contributed by atoms with van der Waals surface area (Å²) < 4.78 is 29.6. The molecule has 0 spiro atoms. The van der Waals surface area contributed by atoms with E-state index in [0.717, 1.165) is 52.6 Å². The summed E-state index contributed by atoms with van der Waals surface area (Å²) in [7, 11) is 0. The van der Waals surface area contributed by atoms with Crippen molar-refractivity contribution in [1.29, 1.82) is 0 Å². The van der Waals surface area contributed by atoms with E-state index < -0.39 is 0 Å². The molecule has 39 heavy (non-hydrogen) atoms. The van der Waals surface area contributed by atoms with Crippen molar-refractivity contribution in [2.45, 2.75) is 25.4 Å². The lowest BCUT2D eigenvalue weighted by Gasteiger charge is -2.21. The van der Waals surface area contributed by atoms with Crippen molar-refractivity contribution in [3.63, 3.8) is 0 Å². The molecular weight excluding hydrogens is 498 g/mol. The predicted molar refractivity (Wildman–Crippen MR) is 145 cm³/mol. The fourth-order valence-electron chi connectivity index (χ4n) is 5.38. The number of benzene rings is 2. The Bertz CT molecular complexity index is 1630. The normalized spacial score (nSPS) is 15.7. The van der Waals surface area contributed by atoms with Crippen LogP contribution in [-0.4, -0.2) is 49.7 Å². The summed E-state index contributed by atoms with van der Waals surface area (Å²) in [5.41, 5.74) is 10.8. The Kier molecular flexibility index (Phi) is 6.58. The highest BCUT2D eigenvalue weighted by Gasteiger charge is 2.29. The van der Waals surface area contributed by atoms with Gasteiger partial charge < -0.3 is 5.73 Å². The van der Waals surface area contributed by atoms with Crippen LogP contribution in [0.2, 0.25) is 0 Å². The lowest BCUT2D eigenvalue weighted by Crippen LogP contribution is -2.41. The molecule has 196 valence electrons. The van der Waals surface area contributed by atoms with Gasteiger partial charge in [-0.2, -0.15) is 5.10 Å². The number of amides is 1. The average Bonchev–Trinajstić information content (AvgIpc) is 3.59. The van der Waals surface area contributed by atoms with Crippen LogP contribution >= 0.6 is 0 Å². The Morgan fingerprint density at radius 2 is 1.51 bits per heavy atom. The number of halogens is 2. The second-order valence-electron chi connectivity index (χ2n) is 9.69. The van der Waals surface area contributed by atoms with Gasteiger partial charge in [0.2, 0.25) is 5.91 Å². The molecule has 1 aliphatic rings. The van der Waals surface area contributed by atoms with E-state index in [0.29, 0.717) is 24.4 Å². The zero-order valence-corrected chi connectivity index (χ0v) is 21.1. The van der Waals surface area contributed by atoms with E-state index in [9.17, 15) is 13.6 Å². The minimum Gasteiger partial charge on any atom is -0.368 e. The summed E-state index contributed by atoms with van der Waals surface area (Å²) in [6.07, 6.45) is 7.05. The number of hydrogen-bond donors (Lipinski definition) is 1. The Morgan fingerprint density at radius 1 is 0.872 bits per heavy atom. The molecule has 7 nitrogen and oxygen atoms in total. The van der Waals surface area contributed by atoms with Gasteiger partial charge in [0, 0.05) is 47.2 Å². The smallest absolute Gasteiger partial charge is 0.234 e. The summed E-state index contributed by atoms with van der Waals surface area (Å²) >= 11 is 0. The van der Waals surface area contributed by atoms with Crippen LogP contribution in [0.25, 0.3) is 44.5 Å². The molecule has 0 aliphatic carbocycles. The van der Waals surface area contributed by atoms with Crippen LogP contribution in [0.1, 0.15) is 12.8 Å². The van der Waals surface area contributed by atoms with Crippen molar-refractivity contribution < 1.29 is 13.6 Å². The number of nitrogens with zero attached hydrogens (tertiary/aromatic N) is 5. The summed E-state index contributed by atoms with van der Waals surface area (Å²) in [6, 6.07) is 16.0. The molecule has 1 fully saturated rings. The highest BCUT2D eigenvalue weighted by molar-refractivity contribution is 6.05. The maximum absolute atomic E-state index is 14.0. The maximum Gasteiger partial charge on any atom is 0.234 e. The molecule has 4 heterocycles. The quantitative estimate of drug-likeness (QED) is 0.322. The summed E-state index contributed by atoms with van der Waals surface area (Å²) in [4.78, 5) is 23.1. The number of primary amides is 1. The van der Waals surface area contributed by atoms with Crippen molar-refractivity contribution in [2.75, 3.05) is 13.1 Å². The first-order valence-corrected chi connectivity index (χ1v) is 12.8. The van der Waals surface area contributed by atoms with Crippen molar-refractivity contribution >= 4 is 16.9 Å². The third-order valence-electron chi connectivity index (χ3n) is 7.24. The van der Waals surface area contributed by atoms with Crippen LogP contribution in [0, 0.1) is 11.6 Å². The first-order chi connectivity index (χ1) is 19.0. The standard InChI is InChI=1S/C30H26F2N6O/c31-22-7-3-19(4-8-22)26-24-18-38(17-16-37-15-1-2-25(37)29(33)39)36-30(24)35-28(21-5-9-23(32)10-6-21)27(26)20-11-13-34-14-12-20/h3-14,18,25H,1-2,15-17H2,(H2,33,39). The molecule has 0 radical (unpaired) electrons. The molecule has 0 bridgehead atoms. The molecule has 2 aromatic carbocycles. The van der Waals surface area contributed by atoms with E-state index in [2.05, 4.69) is 9.88 Å². The van der Waals surface area contributed by atoms with Gasteiger partial charge in [0.1, 0.15) is 11.6 Å². The van der Waals surface area contributed by atoms with Gasteiger partial charge in [0.15, 0.2) is 5.65 Å². The van der Waals surface area contributed by atoms with Crippen LogP contribution in [0.15, 0.2) is 79.3 Å². The number of fused-ring (bicyclic) bond motifs is 1. The number of aromatic nitrogens is 4. The van der Waals surface area contributed by atoms with Crippen molar-refractivity contribution in [3.8, 4) is 33.5 Å². The highest BCUT2D eigenvalue weighted by Crippen LogP contribution is 2.43. The lowest BCUT2D eigenvalue weighted by molar-refractivity contribution is -0.122. The minimum absolute atomic E-state index is 0.258. The molecule has 0 saturated carbocycles. The Hall–Kier alpha value is -4.50. The highest BCUT2D eigenvalue weighted by atomic mass is 19.1. The SMILES string of the molecule is NC(=O)C1CCCN1CCn1cc2c(-c3ccc(F)cc3)c(-c3ccncc3)c(-c3ccc(F)cc3)nc2n1. The molecule has 5 aromatic rings. The molecular formula is C30H26F2N6O. The first-order valence-electron chi connectivity index (χ1n) is 12.8. The van der Waals surface area contributed by atoms with Crippen molar-refractivity contribution in [2.24, 2.45) is 5.73 Å². The number of rotatable bonds is 7. The van der Waals surface area contributed by atoms with E-state index in [1.165, 1.54) is 24.3 Å². The molecule has 1 unspecified atom stereocenters. The monoisotopic (exact) mass is 524 g/mol. The average molecular weight is 525 g/mol. The number of carbonyl (C=O) groups excluding carboxylic acids is 1. The van der Waals surface area contributed by atoms with Crippen LogP contribution in [-0.2, 0) is 11.3 Å². The summed E-state index contributed by atoms with van der Waals surface area (Å²) in [5, 5.41) is 5.59. The van der Waals surface area contributed by atoms with Crippen LogP contribution in [0.5, 0.6) is 0 Å². The number of pyridine rings is 2. The molecule has 1 atom stereocenters. The van der Waals surface area contributed by atoms with E-state index in [4.69, 9.17) is 15.8 Å². The van der Waals surface area contributed by atoms with Gasteiger partial charge in [-0.05, 0) is 79.0 Å². The number of nitrogens with two attached hydrogens (primary N) is 1. The second-order valence-corrected chi connectivity index (χ2v) is 9.69. The third kappa shape index (κ3) is 4.88. The zero-order valence-electron chi connectivity index (χ0n) is 21.1. The number of likely N-dealkylation sites (tertiary alicyclic amines) is 1. The molecule has 1 saturated heterocycles. The van der Waals surface area contributed by atoms with Crippen molar-refractivity contribution in [3.05, 3.63) is 90.9 Å². The fourth-order valence-corrected chi connectivity index (χ4v) is 5.38. The Morgan fingerprint density at radius 3 is 2.18 bits per heavy atom. The van der Waals surface area contributed by atoms with Gasteiger partial charge in [-0.1, -0.05) is 12.1 Å². The largest absolute Gasteiger partial charge is 0.368 e. The van der Waals surface area contributed by atoms with E-state index in [1.54, 1.807) is 36.7 Å². The van der Waals surface area contributed by atoms with Gasteiger partial charge >= 0.3 is 0 Å². The molecule has 1 amide bonds. The van der Waals surface area contributed by atoms with Crippen molar-refractivity contribution in [1.82, 2.24) is 24.6 Å². The first kappa shape index (κ1) is 24.8. The summed E-state index contributed by atoms with van der Waals surface area (Å²) in [5.74, 6) is -0.979. The second kappa shape index (κ2) is 10.3. The van der Waals surface area contributed by atoms with Gasteiger partial charge in [-0.3, -0.25) is 19.4 Å². The molecule has 2 N–H and O–H groups in total. The molecule has 3 aromatic heterocycles. The van der Waals surface area contributed by atoms with Gasteiger partial charge in [-0.25, -0.2) is 13.8 Å². The van der Waals surface area contributed by atoms with Gasteiger partial charge in [-0.15, -0.1) is 0 Å². The topological polar surface area (TPSA) is 89.9 Å².